The van der Waals surface area contributed by atoms with E-state index in [1.807, 2.05) is 49.5 Å². The molecule has 2 heterocycles. The highest BCUT2D eigenvalue weighted by atomic mass is 16.3. The number of rotatable bonds is 4. The van der Waals surface area contributed by atoms with Crippen LogP contribution in [0, 0.1) is 12.8 Å². The summed E-state index contributed by atoms with van der Waals surface area (Å²) in [5.74, 6) is 0.00331. The second-order valence-corrected chi connectivity index (χ2v) is 6.97. The van der Waals surface area contributed by atoms with E-state index in [9.17, 15) is 9.90 Å². The van der Waals surface area contributed by atoms with Crippen LogP contribution in [-0.4, -0.2) is 27.1 Å². The lowest BCUT2D eigenvalue weighted by atomic mass is 9.75. The van der Waals surface area contributed by atoms with Gasteiger partial charge in [-0.3, -0.25) is 14.8 Å². The summed E-state index contributed by atoms with van der Waals surface area (Å²) >= 11 is 0. The summed E-state index contributed by atoms with van der Waals surface area (Å²) in [5.41, 5.74) is 3.17. The maximum Gasteiger partial charge on any atom is 0.270 e. The Morgan fingerprint density at radius 1 is 1.19 bits per heavy atom. The fraction of sp³-hybridized carbons (Fsp3) is 0.286. The second kappa shape index (κ2) is 6.84. The van der Waals surface area contributed by atoms with Crippen molar-refractivity contribution < 1.29 is 9.90 Å². The Hall–Kier alpha value is -2.79. The molecule has 26 heavy (non-hydrogen) atoms. The number of aromatic nitrogens is 2. The fourth-order valence-corrected chi connectivity index (χ4v) is 3.57. The number of fused-ring (bicyclic) bond motifs is 1. The zero-order chi connectivity index (χ0) is 18.1. The van der Waals surface area contributed by atoms with Crippen molar-refractivity contribution in [3.8, 4) is 0 Å². The maximum absolute atomic E-state index is 12.8. The number of aliphatic hydroxyl groups excluding tert-OH is 1. The summed E-state index contributed by atoms with van der Waals surface area (Å²) in [5, 5.41) is 13.9. The van der Waals surface area contributed by atoms with Gasteiger partial charge in [0, 0.05) is 17.8 Å². The van der Waals surface area contributed by atoms with Crippen LogP contribution in [0.3, 0.4) is 0 Å². The van der Waals surface area contributed by atoms with Gasteiger partial charge < -0.3 is 10.4 Å². The van der Waals surface area contributed by atoms with Gasteiger partial charge in [-0.2, -0.15) is 0 Å². The molecule has 2 aromatic heterocycles. The molecule has 0 spiro atoms. The Kier molecular flexibility index (Phi) is 4.39. The molecule has 1 aliphatic carbocycles. The number of nitrogens with one attached hydrogen (secondary N) is 1. The van der Waals surface area contributed by atoms with Gasteiger partial charge in [-0.15, -0.1) is 0 Å². The predicted molar refractivity (Wildman–Crippen MR) is 99.7 cm³/mol. The number of amides is 1. The van der Waals surface area contributed by atoms with Crippen LogP contribution in [0.15, 0.2) is 54.9 Å². The Balaban J connectivity index is 1.65. The molecular weight excluding hydrogens is 326 g/mol. The summed E-state index contributed by atoms with van der Waals surface area (Å²) in [6.45, 7) is 1.88. The van der Waals surface area contributed by atoms with Gasteiger partial charge in [-0.1, -0.05) is 24.3 Å². The van der Waals surface area contributed by atoms with Gasteiger partial charge in [0.25, 0.3) is 5.91 Å². The Bertz CT molecular complexity index is 951. The number of pyridine rings is 2. The van der Waals surface area contributed by atoms with Crippen LogP contribution in [-0.2, 0) is 0 Å². The third kappa shape index (κ3) is 3.18. The van der Waals surface area contributed by atoms with E-state index in [4.69, 9.17) is 0 Å². The molecule has 4 rings (SSSR count). The standard InChI is InChI=1S/C21H21N3O2/c1-13-5-4-8-22-19(13)21(26)24-20(15-10-17(25)11-15)16-9-14-6-2-3-7-18(14)23-12-16/h2-9,12,15,17,20,25H,10-11H2,1H3,(H,24,26)/t15?,17?,20-/m0/s1. The molecule has 0 unspecified atom stereocenters. The number of nitrogens with zero attached hydrogens (tertiary/aromatic N) is 2. The van der Waals surface area contributed by atoms with Gasteiger partial charge >= 0.3 is 0 Å². The summed E-state index contributed by atoms with van der Waals surface area (Å²) in [4.78, 5) is 21.5. The lowest BCUT2D eigenvalue weighted by molar-refractivity contribution is 0.0234. The Morgan fingerprint density at radius 3 is 2.77 bits per heavy atom. The van der Waals surface area contributed by atoms with E-state index >= 15 is 0 Å². The number of benzene rings is 1. The topological polar surface area (TPSA) is 75.1 Å². The molecule has 5 heteroatoms. The van der Waals surface area contributed by atoms with Crippen LogP contribution < -0.4 is 5.32 Å². The van der Waals surface area contributed by atoms with Crippen LogP contribution in [0.5, 0.6) is 0 Å². The molecule has 1 atom stereocenters. The molecular formula is C21H21N3O2. The summed E-state index contributed by atoms with van der Waals surface area (Å²) in [6, 6.07) is 13.5. The summed E-state index contributed by atoms with van der Waals surface area (Å²) in [6.07, 6.45) is 4.52. The van der Waals surface area contributed by atoms with Crippen molar-refractivity contribution in [2.75, 3.05) is 0 Å². The van der Waals surface area contributed by atoms with Crippen molar-refractivity contribution in [1.82, 2.24) is 15.3 Å². The minimum absolute atomic E-state index is 0.190. The van der Waals surface area contributed by atoms with Gasteiger partial charge in [0.05, 0.1) is 17.7 Å². The third-order valence-electron chi connectivity index (χ3n) is 5.10. The highest BCUT2D eigenvalue weighted by molar-refractivity contribution is 5.94. The zero-order valence-electron chi connectivity index (χ0n) is 14.6. The second-order valence-electron chi connectivity index (χ2n) is 6.97. The molecule has 0 aliphatic heterocycles. The van der Waals surface area contributed by atoms with Crippen LogP contribution in [0.4, 0.5) is 0 Å². The first-order chi connectivity index (χ1) is 12.6. The number of hydrogen-bond donors (Lipinski definition) is 2. The maximum atomic E-state index is 12.8. The molecule has 2 N–H and O–H groups in total. The lowest BCUT2D eigenvalue weighted by Gasteiger charge is -2.38. The van der Waals surface area contributed by atoms with Crippen molar-refractivity contribution in [2.24, 2.45) is 5.92 Å². The fourth-order valence-electron chi connectivity index (χ4n) is 3.57. The Labute approximate surface area is 152 Å². The van der Waals surface area contributed by atoms with Crippen molar-refractivity contribution in [1.29, 1.82) is 0 Å². The highest BCUT2D eigenvalue weighted by Crippen LogP contribution is 2.38. The van der Waals surface area contributed by atoms with E-state index in [1.165, 1.54) is 0 Å². The molecule has 0 radical (unpaired) electrons. The molecule has 1 fully saturated rings. The van der Waals surface area contributed by atoms with E-state index in [1.54, 1.807) is 6.20 Å². The van der Waals surface area contributed by atoms with Crippen LogP contribution in [0.2, 0.25) is 0 Å². The molecule has 1 aromatic carbocycles. The largest absolute Gasteiger partial charge is 0.393 e. The molecule has 1 aliphatic rings. The third-order valence-corrected chi connectivity index (χ3v) is 5.10. The smallest absolute Gasteiger partial charge is 0.270 e. The van der Waals surface area contributed by atoms with Gasteiger partial charge in [0.1, 0.15) is 5.69 Å². The Morgan fingerprint density at radius 2 is 2.00 bits per heavy atom. The normalized spacial score (nSPS) is 20.4. The molecule has 1 amide bonds. The first kappa shape index (κ1) is 16.7. The number of hydrogen-bond acceptors (Lipinski definition) is 4. The lowest BCUT2D eigenvalue weighted by Crippen LogP contribution is -2.41. The summed E-state index contributed by atoms with van der Waals surface area (Å²) in [7, 11) is 0. The molecule has 1 saturated carbocycles. The van der Waals surface area contributed by atoms with Gasteiger partial charge in [0.2, 0.25) is 0 Å². The van der Waals surface area contributed by atoms with Crippen molar-refractivity contribution in [3.05, 3.63) is 71.7 Å². The first-order valence-electron chi connectivity index (χ1n) is 8.87. The highest BCUT2D eigenvalue weighted by Gasteiger charge is 2.36. The molecule has 3 aromatic rings. The van der Waals surface area contributed by atoms with E-state index in [-0.39, 0.29) is 24.0 Å². The molecule has 0 saturated heterocycles. The van der Waals surface area contributed by atoms with Gasteiger partial charge in [-0.05, 0) is 55.0 Å². The first-order valence-corrected chi connectivity index (χ1v) is 8.87. The van der Waals surface area contributed by atoms with Gasteiger partial charge in [-0.25, -0.2) is 0 Å². The SMILES string of the molecule is Cc1cccnc1C(=O)N[C@H](c1cnc2ccccc2c1)C1CC(O)C1. The molecule has 0 bridgehead atoms. The number of para-hydroxylation sites is 1. The minimum Gasteiger partial charge on any atom is -0.393 e. The number of carbonyl (C=O) groups is 1. The average molecular weight is 347 g/mol. The average Bonchev–Trinajstić information content (AvgIpc) is 2.63. The van der Waals surface area contributed by atoms with E-state index in [2.05, 4.69) is 21.4 Å². The van der Waals surface area contributed by atoms with Crippen molar-refractivity contribution in [3.63, 3.8) is 0 Å². The zero-order valence-corrected chi connectivity index (χ0v) is 14.6. The van der Waals surface area contributed by atoms with Gasteiger partial charge in [0.15, 0.2) is 0 Å². The summed E-state index contributed by atoms with van der Waals surface area (Å²) < 4.78 is 0. The van der Waals surface area contributed by atoms with E-state index in [0.29, 0.717) is 18.5 Å². The van der Waals surface area contributed by atoms with E-state index in [0.717, 1.165) is 22.0 Å². The van der Waals surface area contributed by atoms with Crippen LogP contribution >= 0.6 is 0 Å². The molecule has 5 nitrogen and oxygen atoms in total. The van der Waals surface area contributed by atoms with Crippen LogP contribution in [0.1, 0.15) is 40.5 Å². The van der Waals surface area contributed by atoms with E-state index < -0.39 is 0 Å². The van der Waals surface area contributed by atoms with Crippen molar-refractivity contribution in [2.45, 2.75) is 31.9 Å². The molecule has 132 valence electrons. The predicted octanol–water partition coefficient (Wildman–Crippen LogP) is 3.18. The number of aliphatic hydroxyl groups is 1. The van der Waals surface area contributed by atoms with Crippen molar-refractivity contribution >= 4 is 16.8 Å². The minimum atomic E-state index is -0.288. The number of aryl methyl sites for hydroxylation is 1. The number of carbonyl (C=O) groups excluding carboxylic acids is 1. The van der Waals surface area contributed by atoms with Crippen LogP contribution in [0.25, 0.3) is 10.9 Å². The monoisotopic (exact) mass is 347 g/mol. The quantitative estimate of drug-likeness (QED) is 0.760.